The molecule has 8 heteroatoms. The number of hydrogen-bond donors (Lipinski definition) is 2. The van der Waals surface area contributed by atoms with Crippen LogP contribution < -0.4 is 16.6 Å². The second kappa shape index (κ2) is 5.98. The maximum absolute atomic E-state index is 12.8. The fraction of sp³-hybridized carbons (Fsp3) is 0.389. The van der Waals surface area contributed by atoms with E-state index in [9.17, 15) is 14.4 Å². The number of ether oxygens (including phenoxy) is 1. The quantitative estimate of drug-likeness (QED) is 0.802. The summed E-state index contributed by atoms with van der Waals surface area (Å²) in [5.41, 5.74) is 1.56. The van der Waals surface area contributed by atoms with Gasteiger partial charge in [-0.2, -0.15) is 0 Å². The Morgan fingerprint density at radius 1 is 1.35 bits per heavy atom. The molecule has 136 valence electrons. The van der Waals surface area contributed by atoms with Gasteiger partial charge in [-0.15, -0.1) is 11.3 Å². The third kappa shape index (κ3) is 2.44. The van der Waals surface area contributed by atoms with Crippen molar-refractivity contribution in [1.82, 2.24) is 9.55 Å². The Balaban J connectivity index is 2.04. The van der Waals surface area contributed by atoms with Gasteiger partial charge in [0.2, 0.25) is 0 Å². The number of fused-ring (bicyclic) bond motifs is 1. The number of esters is 1. The summed E-state index contributed by atoms with van der Waals surface area (Å²) in [6, 6.07) is 1.96. The number of H-pyrrole nitrogens is 1. The van der Waals surface area contributed by atoms with Crippen LogP contribution in [0.15, 0.2) is 32.3 Å². The van der Waals surface area contributed by atoms with Crippen molar-refractivity contribution in [2.75, 3.05) is 11.9 Å². The first kappa shape index (κ1) is 16.8. The van der Waals surface area contributed by atoms with Crippen LogP contribution in [0.2, 0.25) is 0 Å². The van der Waals surface area contributed by atoms with Crippen molar-refractivity contribution in [2.24, 2.45) is 5.92 Å². The SMILES string of the molecule is Cc1ccsc1[C@@H]1C2=C(COC2=O)Nc2c1c(=O)[nH]c(=O)n2CC(C)C. The van der Waals surface area contributed by atoms with Crippen LogP contribution in [0.3, 0.4) is 0 Å². The molecule has 2 aliphatic heterocycles. The zero-order valence-electron chi connectivity index (χ0n) is 14.7. The van der Waals surface area contributed by atoms with E-state index in [1.54, 1.807) is 4.57 Å². The van der Waals surface area contributed by atoms with E-state index >= 15 is 0 Å². The van der Waals surface area contributed by atoms with Gasteiger partial charge in [0.1, 0.15) is 12.4 Å². The highest BCUT2D eigenvalue weighted by Crippen LogP contribution is 2.44. The largest absolute Gasteiger partial charge is 0.456 e. The minimum Gasteiger partial charge on any atom is -0.456 e. The lowest BCUT2D eigenvalue weighted by Crippen LogP contribution is -2.39. The number of carbonyl (C=O) groups excluding carboxylic acids is 1. The second-order valence-corrected chi connectivity index (χ2v) is 7.97. The number of rotatable bonds is 3. The Hall–Kier alpha value is -2.61. The normalized spacial score (nSPS) is 18.6. The van der Waals surface area contributed by atoms with Crippen LogP contribution in [0.4, 0.5) is 5.82 Å². The van der Waals surface area contributed by atoms with Gasteiger partial charge in [-0.3, -0.25) is 14.3 Å². The average molecular weight is 373 g/mol. The summed E-state index contributed by atoms with van der Waals surface area (Å²) in [5.74, 6) is -0.276. The maximum atomic E-state index is 12.8. The molecule has 0 bridgehead atoms. The van der Waals surface area contributed by atoms with Crippen LogP contribution in [0, 0.1) is 12.8 Å². The van der Waals surface area contributed by atoms with Crippen LogP contribution in [0.25, 0.3) is 0 Å². The van der Waals surface area contributed by atoms with E-state index < -0.39 is 23.1 Å². The van der Waals surface area contributed by atoms with Crippen molar-refractivity contribution >= 4 is 23.1 Å². The molecule has 0 fully saturated rings. The molecule has 4 rings (SSSR count). The first-order valence-corrected chi connectivity index (χ1v) is 9.34. The van der Waals surface area contributed by atoms with E-state index in [1.807, 2.05) is 32.2 Å². The Labute approximate surface area is 153 Å². The number of hydrogen-bond acceptors (Lipinski definition) is 6. The maximum Gasteiger partial charge on any atom is 0.337 e. The molecule has 2 aromatic heterocycles. The van der Waals surface area contributed by atoms with Gasteiger partial charge in [0.25, 0.3) is 5.56 Å². The molecular formula is C18H19N3O4S. The third-order valence-electron chi connectivity index (χ3n) is 4.69. The van der Waals surface area contributed by atoms with E-state index in [1.165, 1.54) is 11.3 Å². The first-order valence-electron chi connectivity index (χ1n) is 8.46. The number of carbonyl (C=O) groups is 1. The molecule has 1 atom stereocenters. The zero-order valence-corrected chi connectivity index (χ0v) is 15.5. The Morgan fingerprint density at radius 3 is 2.77 bits per heavy atom. The van der Waals surface area contributed by atoms with Crippen molar-refractivity contribution in [3.05, 3.63) is 59.6 Å². The number of aromatic amines is 1. The second-order valence-electron chi connectivity index (χ2n) is 7.02. The Morgan fingerprint density at radius 2 is 2.12 bits per heavy atom. The van der Waals surface area contributed by atoms with Crippen LogP contribution in [-0.2, 0) is 16.1 Å². The van der Waals surface area contributed by atoms with Crippen molar-refractivity contribution in [1.29, 1.82) is 0 Å². The molecule has 0 unspecified atom stereocenters. The summed E-state index contributed by atoms with van der Waals surface area (Å²) in [6.45, 7) is 6.53. The molecule has 26 heavy (non-hydrogen) atoms. The topological polar surface area (TPSA) is 93.2 Å². The summed E-state index contributed by atoms with van der Waals surface area (Å²) in [6.07, 6.45) is 0. The summed E-state index contributed by atoms with van der Waals surface area (Å²) < 4.78 is 6.77. The molecule has 2 aliphatic rings. The van der Waals surface area contributed by atoms with E-state index in [2.05, 4.69) is 10.3 Å². The summed E-state index contributed by atoms with van der Waals surface area (Å²) >= 11 is 1.49. The number of anilines is 1. The Bertz CT molecular complexity index is 1060. The highest BCUT2D eigenvalue weighted by Gasteiger charge is 2.42. The van der Waals surface area contributed by atoms with Crippen LogP contribution in [0.1, 0.15) is 35.8 Å². The molecule has 0 aromatic carbocycles. The van der Waals surface area contributed by atoms with Crippen molar-refractivity contribution in [2.45, 2.75) is 33.2 Å². The predicted octanol–water partition coefficient (Wildman–Crippen LogP) is 1.93. The van der Waals surface area contributed by atoms with Gasteiger partial charge < -0.3 is 10.1 Å². The minimum absolute atomic E-state index is 0.122. The predicted molar refractivity (Wildman–Crippen MR) is 98.7 cm³/mol. The van der Waals surface area contributed by atoms with Gasteiger partial charge in [-0.05, 0) is 29.9 Å². The number of aryl methyl sites for hydroxylation is 1. The standard InChI is InChI=1S/C18H19N3O4S/c1-8(2)6-21-15-13(16(22)20-18(21)24)12(14-9(3)4-5-26-14)11-10(19-15)7-25-17(11)23/h4-5,8,12,19H,6-7H2,1-3H3,(H,20,22,24)/t12-/m1/s1. The van der Waals surface area contributed by atoms with Crippen molar-refractivity contribution in [3.63, 3.8) is 0 Å². The molecule has 7 nitrogen and oxygen atoms in total. The van der Waals surface area contributed by atoms with Gasteiger partial charge in [-0.1, -0.05) is 13.8 Å². The lowest BCUT2D eigenvalue weighted by atomic mass is 9.86. The summed E-state index contributed by atoms with van der Waals surface area (Å²) in [7, 11) is 0. The van der Waals surface area contributed by atoms with Gasteiger partial charge in [0.15, 0.2) is 0 Å². The fourth-order valence-corrected chi connectivity index (χ4v) is 4.61. The van der Waals surface area contributed by atoms with E-state index in [0.29, 0.717) is 29.2 Å². The molecule has 0 saturated heterocycles. The zero-order chi connectivity index (χ0) is 18.6. The van der Waals surface area contributed by atoms with Gasteiger partial charge in [0, 0.05) is 11.4 Å². The van der Waals surface area contributed by atoms with Crippen LogP contribution >= 0.6 is 11.3 Å². The highest BCUT2D eigenvalue weighted by molar-refractivity contribution is 7.10. The number of aromatic nitrogens is 2. The Kier molecular flexibility index (Phi) is 3.87. The van der Waals surface area contributed by atoms with Gasteiger partial charge in [0.05, 0.1) is 22.8 Å². The lowest BCUT2D eigenvalue weighted by Gasteiger charge is -2.28. The molecule has 0 aliphatic carbocycles. The molecule has 0 saturated carbocycles. The number of thiophene rings is 1. The third-order valence-corrected chi connectivity index (χ3v) is 5.77. The number of cyclic esters (lactones) is 1. The smallest absolute Gasteiger partial charge is 0.337 e. The fourth-order valence-electron chi connectivity index (χ4n) is 3.57. The molecule has 2 aromatic rings. The van der Waals surface area contributed by atoms with Crippen molar-refractivity contribution < 1.29 is 9.53 Å². The van der Waals surface area contributed by atoms with Gasteiger partial charge in [-0.25, -0.2) is 9.59 Å². The van der Waals surface area contributed by atoms with Crippen LogP contribution in [-0.4, -0.2) is 22.1 Å². The highest BCUT2D eigenvalue weighted by atomic mass is 32.1. The van der Waals surface area contributed by atoms with E-state index in [4.69, 9.17) is 4.74 Å². The monoisotopic (exact) mass is 373 g/mol. The molecule has 2 N–H and O–H groups in total. The van der Waals surface area contributed by atoms with Crippen molar-refractivity contribution in [3.8, 4) is 0 Å². The number of nitrogens with zero attached hydrogens (tertiary/aromatic N) is 1. The minimum atomic E-state index is -0.529. The lowest BCUT2D eigenvalue weighted by molar-refractivity contribution is -0.136. The molecule has 4 heterocycles. The molecular weight excluding hydrogens is 354 g/mol. The van der Waals surface area contributed by atoms with Gasteiger partial charge >= 0.3 is 11.7 Å². The number of nitrogens with one attached hydrogen (secondary N) is 2. The first-order chi connectivity index (χ1) is 12.4. The summed E-state index contributed by atoms with van der Waals surface area (Å²) in [5, 5.41) is 5.07. The van der Waals surface area contributed by atoms with E-state index in [-0.39, 0.29) is 12.5 Å². The molecule has 0 radical (unpaired) electrons. The average Bonchev–Trinajstić information content (AvgIpc) is 3.15. The van der Waals surface area contributed by atoms with Crippen LogP contribution in [0.5, 0.6) is 0 Å². The molecule has 0 amide bonds. The van der Waals surface area contributed by atoms with E-state index in [0.717, 1.165) is 10.4 Å². The summed E-state index contributed by atoms with van der Waals surface area (Å²) in [4.78, 5) is 40.9. The molecule has 0 spiro atoms.